The third kappa shape index (κ3) is 42.1. The van der Waals surface area contributed by atoms with Gasteiger partial charge in [-0.25, -0.2) is 4.79 Å². The molecular weight excluding hydrogens is 973 g/mol. The quantitative estimate of drug-likeness (QED) is 0.0228. The van der Waals surface area contributed by atoms with Crippen LogP contribution in [0.1, 0.15) is 226 Å². The zero-order valence-electron chi connectivity index (χ0n) is 47.9. The summed E-state index contributed by atoms with van der Waals surface area (Å²) in [4.78, 5) is 51.1. The fraction of sp³-hybridized carbons (Fsp3) is 0.662. The predicted molar refractivity (Wildman–Crippen MR) is 312 cm³/mol. The Hall–Kier alpha value is -4.62. The van der Waals surface area contributed by atoms with Crippen LogP contribution in [-0.4, -0.2) is 89.2 Å². The van der Waals surface area contributed by atoms with Crippen LogP contribution in [0.3, 0.4) is 0 Å². The smallest absolute Gasteiger partial charge is 0.335 e. The zero-order chi connectivity index (χ0) is 56.1. The molecule has 0 aromatic carbocycles. The van der Waals surface area contributed by atoms with E-state index in [1.165, 1.54) is 44.9 Å². The standard InChI is InChI=1S/C65H104O12/c1-4-7-10-13-16-19-22-25-28-29-32-33-36-39-42-45-48-51-57(66)73-54-56(75-58(67)52-49-46-43-40-37-34-30-26-23-20-17-14-11-8-5-2)55-74-65-63(61(70)60(69)62(77-65)64(71)72)76-59(68)53-50-47-44-41-38-35-31-27-24-21-18-15-12-9-6-3/h7,9-10,12,16,18-19,21,25-28,30-31,38,41,47,50,56,60-63,65,69-70H,4-6,8,11,13-15,17,20,22-24,29,32-37,39-40,42-46,48-49,51-55H2,1-3H3,(H,71,72)/b10-7-,12-9-,19-16-,21-18-,28-25-,30-26-,31-27-,41-38-,50-47-. The molecule has 0 aliphatic carbocycles. The number of rotatable bonds is 49. The minimum absolute atomic E-state index is 0.135. The molecule has 0 saturated carbocycles. The maximum Gasteiger partial charge on any atom is 0.335 e. The lowest BCUT2D eigenvalue weighted by molar-refractivity contribution is -0.301. The summed E-state index contributed by atoms with van der Waals surface area (Å²) in [5, 5.41) is 31.4. The molecule has 0 aromatic heterocycles. The molecule has 6 atom stereocenters. The van der Waals surface area contributed by atoms with Crippen LogP contribution >= 0.6 is 0 Å². The summed E-state index contributed by atoms with van der Waals surface area (Å²) in [5.74, 6) is -3.31. The topological polar surface area (TPSA) is 175 Å². The van der Waals surface area contributed by atoms with Crippen molar-refractivity contribution in [1.82, 2.24) is 0 Å². The van der Waals surface area contributed by atoms with E-state index in [4.69, 9.17) is 23.7 Å². The normalized spacial score (nSPS) is 18.8. The van der Waals surface area contributed by atoms with Crippen LogP contribution in [0.5, 0.6) is 0 Å². The number of carboxylic acid groups (broad SMARTS) is 1. The highest BCUT2D eigenvalue weighted by Crippen LogP contribution is 2.26. The first-order chi connectivity index (χ1) is 37.6. The Balaban J connectivity index is 2.75. The number of aliphatic hydroxyl groups excluding tert-OH is 2. The number of allylic oxidation sites excluding steroid dienone is 17. The molecule has 1 heterocycles. The molecule has 1 fully saturated rings. The number of carbonyl (C=O) groups excluding carboxylic acids is 3. The Morgan fingerprint density at radius 3 is 1.32 bits per heavy atom. The Labute approximate surface area is 465 Å². The van der Waals surface area contributed by atoms with Crippen molar-refractivity contribution >= 4 is 23.9 Å². The molecule has 1 rings (SSSR count). The molecule has 0 spiro atoms. The van der Waals surface area contributed by atoms with Crippen molar-refractivity contribution in [3.63, 3.8) is 0 Å². The van der Waals surface area contributed by atoms with Crippen LogP contribution in [0.15, 0.2) is 109 Å². The van der Waals surface area contributed by atoms with Gasteiger partial charge in [-0.05, 0) is 103 Å². The second kappa shape index (κ2) is 52.1. The fourth-order valence-corrected chi connectivity index (χ4v) is 8.33. The van der Waals surface area contributed by atoms with Crippen molar-refractivity contribution in [3.8, 4) is 0 Å². The summed E-state index contributed by atoms with van der Waals surface area (Å²) in [6.45, 7) is 5.70. The van der Waals surface area contributed by atoms with Crippen molar-refractivity contribution in [2.75, 3.05) is 13.2 Å². The third-order valence-corrected chi connectivity index (χ3v) is 12.8. The van der Waals surface area contributed by atoms with Gasteiger partial charge in [0.05, 0.1) is 13.0 Å². The monoisotopic (exact) mass is 1080 g/mol. The lowest BCUT2D eigenvalue weighted by atomic mass is 9.98. The third-order valence-electron chi connectivity index (χ3n) is 12.8. The molecule has 6 unspecified atom stereocenters. The van der Waals surface area contributed by atoms with E-state index in [0.717, 1.165) is 122 Å². The molecule has 12 nitrogen and oxygen atoms in total. The van der Waals surface area contributed by atoms with Crippen LogP contribution in [-0.2, 0) is 42.9 Å². The van der Waals surface area contributed by atoms with Gasteiger partial charge in [0.25, 0.3) is 0 Å². The largest absolute Gasteiger partial charge is 0.479 e. The summed E-state index contributed by atoms with van der Waals surface area (Å²) < 4.78 is 28.3. The Bertz CT molecular complexity index is 1750. The SMILES string of the molecule is CC/C=C\C/C=C\C/C=C\C/C=C\C/C=C\CC(=O)OC1C(OCC(COC(=O)CCCCCCCCC/C=C\C/C=C\C/C=C\CC)OC(=O)CCCCCCC/C=C\CCCCCCCC)OC(C(=O)O)C(O)C1O. The highest BCUT2D eigenvalue weighted by atomic mass is 16.7. The molecular formula is C65H104O12. The molecule has 0 bridgehead atoms. The minimum atomic E-state index is -1.94. The molecule has 3 N–H and O–H groups in total. The summed E-state index contributed by atoms with van der Waals surface area (Å²) in [6, 6.07) is 0. The lowest BCUT2D eigenvalue weighted by Crippen LogP contribution is -2.61. The van der Waals surface area contributed by atoms with Gasteiger partial charge in [-0.1, -0.05) is 214 Å². The highest BCUT2D eigenvalue weighted by Gasteiger charge is 2.50. The summed E-state index contributed by atoms with van der Waals surface area (Å²) in [5.41, 5.74) is 0. The predicted octanol–water partition coefficient (Wildman–Crippen LogP) is 15.4. The van der Waals surface area contributed by atoms with E-state index in [9.17, 15) is 34.5 Å². The number of ether oxygens (including phenoxy) is 5. The van der Waals surface area contributed by atoms with Gasteiger partial charge in [0.2, 0.25) is 0 Å². The van der Waals surface area contributed by atoms with Crippen LogP contribution < -0.4 is 0 Å². The number of hydrogen-bond acceptors (Lipinski definition) is 11. The number of aliphatic carboxylic acids is 1. The summed E-state index contributed by atoms with van der Waals surface area (Å²) in [6.07, 6.45) is 57.9. The Morgan fingerprint density at radius 1 is 0.455 bits per heavy atom. The van der Waals surface area contributed by atoms with Gasteiger partial charge in [0, 0.05) is 12.8 Å². The Morgan fingerprint density at radius 2 is 0.857 bits per heavy atom. The lowest BCUT2D eigenvalue weighted by Gasteiger charge is -2.40. The number of carbonyl (C=O) groups is 4. The van der Waals surface area contributed by atoms with Crippen molar-refractivity contribution in [2.45, 2.75) is 263 Å². The maximum atomic E-state index is 13.2. The van der Waals surface area contributed by atoms with Gasteiger partial charge < -0.3 is 39.0 Å². The molecule has 0 radical (unpaired) electrons. The molecule has 12 heteroatoms. The van der Waals surface area contributed by atoms with Gasteiger partial charge in [0.15, 0.2) is 24.6 Å². The van der Waals surface area contributed by atoms with Gasteiger partial charge in [-0.15, -0.1) is 0 Å². The van der Waals surface area contributed by atoms with E-state index in [2.05, 4.69) is 106 Å². The first-order valence-electron chi connectivity index (χ1n) is 29.9. The van der Waals surface area contributed by atoms with Crippen LogP contribution in [0, 0.1) is 0 Å². The number of carboxylic acids is 1. The van der Waals surface area contributed by atoms with Crippen molar-refractivity contribution in [2.24, 2.45) is 0 Å². The van der Waals surface area contributed by atoms with E-state index in [1.54, 1.807) is 12.2 Å². The van der Waals surface area contributed by atoms with E-state index in [0.29, 0.717) is 19.3 Å². The maximum absolute atomic E-state index is 13.2. The van der Waals surface area contributed by atoms with Gasteiger partial charge in [-0.2, -0.15) is 0 Å². The molecule has 436 valence electrons. The number of esters is 3. The van der Waals surface area contributed by atoms with Crippen molar-refractivity contribution < 1.29 is 58.2 Å². The second-order valence-electron chi connectivity index (χ2n) is 19.9. The first kappa shape index (κ1) is 70.4. The van der Waals surface area contributed by atoms with Gasteiger partial charge >= 0.3 is 23.9 Å². The minimum Gasteiger partial charge on any atom is -0.479 e. The van der Waals surface area contributed by atoms with Crippen LogP contribution in [0.2, 0.25) is 0 Å². The molecule has 1 saturated heterocycles. The van der Waals surface area contributed by atoms with Crippen LogP contribution in [0.4, 0.5) is 0 Å². The fourth-order valence-electron chi connectivity index (χ4n) is 8.33. The average molecular weight is 1080 g/mol. The van der Waals surface area contributed by atoms with E-state index in [1.807, 2.05) is 12.2 Å². The number of hydrogen-bond donors (Lipinski definition) is 3. The molecule has 1 aliphatic rings. The van der Waals surface area contributed by atoms with Gasteiger partial charge in [0.1, 0.15) is 18.8 Å². The number of unbranched alkanes of at least 4 members (excludes halogenated alkanes) is 18. The van der Waals surface area contributed by atoms with E-state index in [-0.39, 0.29) is 25.9 Å². The van der Waals surface area contributed by atoms with Crippen molar-refractivity contribution in [3.05, 3.63) is 109 Å². The average Bonchev–Trinajstić information content (AvgIpc) is 3.43. The summed E-state index contributed by atoms with van der Waals surface area (Å²) in [7, 11) is 0. The van der Waals surface area contributed by atoms with Crippen molar-refractivity contribution in [1.29, 1.82) is 0 Å². The molecule has 1 aliphatic heterocycles. The molecule has 0 aromatic rings. The number of aliphatic hydroxyl groups is 2. The van der Waals surface area contributed by atoms with E-state index >= 15 is 0 Å². The molecule has 0 amide bonds. The van der Waals surface area contributed by atoms with E-state index < -0.39 is 67.3 Å². The highest BCUT2D eigenvalue weighted by molar-refractivity contribution is 5.74. The zero-order valence-corrected chi connectivity index (χ0v) is 47.9. The van der Waals surface area contributed by atoms with Gasteiger partial charge in [-0.3, -0.25) is 14.4 Å². The second-order valence-corrected chi connectivity index (χ2v) is 19.9. The first-order valence-corrected chi connectivity index (χ1v) is 29.9. The Kier molecular flexibility index (Phi) is 47.6. The summed E-state index contributed by atoms with van der Waals surface area (Å²) >= 11 is 0. The molecule has 77 heavy (non-hydrogen) atoms. The van der Waals surface area contributed by atoms with Crippen LogP contribution in [0.25, 0.3) is 0 Å².